The van der Waals surface area contributed by atoms with Crippen LogP contribution in [0.4, 0.5) is 0 Å². The number of oxime groups is 1. The second kappa shape index (κ2) is 13.6. The second-order valence-corrected chi connectivity index (χ2v) is 5.80. The largest absolute Gasteiger partial charge is 0.466 e. The summed E-state index contributed by atoms with van der Waals surface area (Å²) in [5.41, 5.74) is 1.04. The van der Waals surface area contributed by atoms with Gasteiger partial charge in [-0.05, 0) is 32.6 Å². The van der Waals surface area contributed by atoms with Gasteiger partial charge in [-0.2, -0.15) is 0 Å². The van der Waals surface area contributed by atoms with Gasteiger partial charge < -0.3 is 14.1 Å². The lowest BCUT2D eigenvalue weighted by Crippen LogP contribution is -2.10. The molecule has 0 unspecified atom stereocenters. The standard InChI is InChI=1S/C18H31N3O3/c1-3-5-6-7-10-17(15-21-13-12-19-16-21)20-24-14-9-8-11-18(22)23-4-2/h12-13,16H,3-11,14-15H2,1-2H3/b20-17+. The number of esters is 1. The number of hydrogen-bond acceptors (Lipinski definition) is 5. The zero-order valence-electron chi connectivity index (χ0n) is 15.1. The molecule has 136 valence electrons. The molecule has 0 atom stereocenters. The molecular formula is C18H31N3O3. The van der Waals surface area contributed by atoms with E-state index in [9.17, 15) is 4.79 Å². The molecule has 6 heteroatoms. The zero-order chi connectivity index (χ0) is 17.5. The van der Waals surface area contributed by atoms with Gasteiger partial charge in [0.1, 0.15) is 6.61 Å². The van der Waals surface area contributed by atoms with E-state index in [0.717, 1.165) is 37.9 Å². The van der Waals surface area contributed by atoms with Crippen LogP contribution in [-0.2, 0) is 20.9 Å². The molecule has 0 aliphatic heterocycles. The predicted octanol–water partition coefficient (Wildman–Crippen LogP) is 3.96. The third kappa shape index (κ3) is 10.0. The Bertz CT molecular complexity index is 458. The zero-order valence-corrected chi connectivity index (χ0v) is 15.1. The summed E-state index contributed by atoms with van der Waals surface area (Å²) in [6.07, 6.45) is 13.3. The fourth-order valence-electron chi connectivity index (χ4n) is 2.31. The number of hydrogen-bond donors (Lipinski definition) is 0. The van der Waals surface area contributed by atoms with Crippen LogP contribution in [0.5, 0.6) is 0 Å². The average molecular weight is 337 g/mol. The molecule has 1 aromatic rings. The molecule has 0 radical (unpaired) electrons. The first-order chi connectivity index (χ1) is 11.8. The molecule has 0 saturated heterocycles. The van der Waals surface area contributed by atoms with Crippen molar-refractivity contribution in [1.82, 2.24) is 9.55 Å². The van der Waals surface area contributed by atoms with Crippen molar-refractivity contribution in [3.63, 3.8) is 0 Å². The number of nitrogens with zero attached hydrogens (tertiary/aromatic N) is 3. The Balaban J connectivity index is 2.27. The van der Waals surface area contributed by atoms with E-state index in [4.69, 9.17) is 9.57 Å². The van der Waals surface area contributed by atoms with Crippen molar-refractivity contribution in [3.8, 4) is 0 Å². The maximum Gasteiger partial charge on any atom is 0.305 e. The molecule has 1 rings (SSSR count). The van der Waals surface area contributed by atoms with Crippen molar-refractivity contribution in [2.45, 2.75) is 71.8 Å². The van der Waals surface area contributed by atoms with Crippen molar-refractivity contribution >= 4 is 11.7 Å². The average Bonchev–Trinajstić information content (AvgIpc) is 3.07. The highest BCUT2D eigenvalue weighted by molar-refractivity contribution is 5.83. The van der Waals surface area contributed by atoms with Crippen LogP contribution in [0.1, 0.15) is 65.2 Å². The fourth-order valence-corrected chi connectivity index (χ4v) is 2.31. The number of imidazole rings is 1. The van der Waals surface area contributed by atoms with E-state index in [1.165, 1.54) is 19.3 Å². The molecule has 24 heavy (non-hydrogen) atoms. The monoisotopic (exact) mass is 337 g/mol. The Kier molecular flexibility index (Phi) is 11.4. The molecule has 0 fully saturated rings. The Morgan fingerprint density at radius 3 is 2.67 bits per heavy atom. The van der Waals surface area contributed by atoms with Crippen molar-refractivity contribution in [1.29, 1.82) is 0 Å². The number of ether oxygens (including phenoxy) is 1. The Morgan fingerprint density at radius 2 is 1.96 bits per heavy atom. The van der Waals surface area contributed by atoms with Crippen LogP contribution in [0.3, 0.4) is 0 Å². The minimum Gasteiger partial charge on any atom is -0.466 e. The van der Waals surface area contributed by atoms with Gasteiger partial charge >= 0.3 is 5.97 Å². The Hall–Kier alpha value is -1.85. The van der Waals surface area contributed by atoms with Crippen LogP contribution < -0.4 is 0 Å². The van der Waals surface area contributed by atoms with Gasteiger partial charge in [0.05, 0.1) is 25.2 Å². The molecule has 1 aromatic heterocycles. The highest BCUT2D eigenvalue weighted by Crippen LogP contribution is 2.06. The van der Waals surface area contributed by atoms with Crippen LogP contribution in [0, 0.1) is 0 Å². The Morgan fingerprint density at radius 1 is 1.12 bits per heavy atom. The van der Waals surface area contributed by atoms with Gasteiger partial charge in [-0.15, -0.1) is 0 Å². The highest BCUT2D eigenvalue weighted by Gasteiger charge is 2.04. The minimum absolute atomic E-state index is 0.141. The lowest BCUT2D eigenvalue weighted by atomic mass is 10.1. The van der Waals surface area contributed by atoms with E-state index in [1.54, 1.807) is 12.5 Å². The van der Waals surface area contributed by atoms with Crippen LogP contribution >= 0.6 is 0 Å². The Labute approximate surface area is 145 Å². The van der Waals surface area contributed by atoms with Gasteiger partial charge in [-0.3, -0.25) is 4.79 Å². The normalized spacial score (nSPS) is 11.5. The van der Waals surface area contributed by atoms with Gasteiger partial charge in [0, 0.05) is 18.8 Å². The third-order valence-electron chi connectivity index (χ3n) is 3.61. The van der Waals surface area contributed by atoms with Crippen molar-refractivity contribution in [2.75, 3.05) is 13.2 Å². The van der Waals surface area contributed by atoms with E-state index in [1.807, 2.05) is 17.7 Å². The second-order valence-electron chi connectivity index (χ2n) is 5.80. The smallest absolute Gasteiger partial charge is 0.305 e. The molecule has 0 spiro atoms. The van der Waals surface area contributed by atoms with Crippen molar-refractivity contribution in [3.05, 3.63) is 18.7 Å². The highest BCUT2D eigenvalue weighted by atomic mass is 16.6. The molecule has 0 N–H and O–H groups in total. The van der Waals surface area contributed by atoms with E-state index < -0.39 is 0 Å². The first kappa shape index (κ1) is 20.2. The summed E-state index contributed by atoms with van der Waals surface area (Å²) in [6, 6.07) is 0. The summed E-state index contributed by atoms with van der Waals surface area (Å²) < 4.78 is 6.90. The summed E-state index contributed by atoms with van der Waals surface area (Å²) in [7, 11) is 0. The number of rotatable bonds is 14. The molecule has 0 aliphatic rings. The summed E-state index contributed by atoms with van der Waals surface area (Å²) in [4.78, 5) is 20.7. The first-order valence-corrected chi connectivity index (χ1v) is 9.05. The van der Waals surface area contributed by atoms with E-state index in [0.29, 0.717) is 19.6 Å². The lowest BCUT2D eigenvalue weighted by Gasteiger charge is -2.08. The molecule has 1 heterocycles. The number of carbonyl (C=O) groups excluding carboxylic acids is 1. The summed E-state index contributed by atoms with van der Waals surface area (Å²) in [6.45, 7) is 5.71. The van der Waals surface area contributed by atoms with Gasteiger partial charge in [-0.1, -0.05) is 31.3 Å². The maximum atomic E-state index is 11.2. The summed E-state index contributed by atoms with van der Waals surface area (Å²) in [5.74, 6) is -0.141. The quantitative estimate of drug-likeness (QED) is 0.223. The lowest BCUT2D eigenvalue weighted by molar-refractivity contribution is -0.143. The van der Waals surface area contributed by atoms with Crippen LogP contribution in [0.25, 0.3) is 0 Å². The van der Waals surface area contributed by atoms with Gasteiger partial charge in [0.25, 0.3) is 0 Å². The summed E-state index contributed by atoms with van der Waals surface area (Å²) in [5, 5.41) is 4.30. The predicted molar refractivity (Wildman–Crippen MR) is 94.9 cm³/mol. The minimum atomic E-state index is -0.141. The van der Waals surface area contributed by atoms with Gasteiger partial charge in [0.2, 0.25) is 0 Å². The molecule has 0 aromatic carbocycles. The van der Waals surface area contributed by atoms with E-state index in [-0.39, 0.29) is 5.97 Å². The number of carbonyl (C=O) groups is 1. The van der Waals surface area contributed by atoms with Crippen molar-refractivity contribution in [2.24, 2.45) is 5.16 Å². The van der Waals surface area contributed by atoms with Crippen LogP contribution in [0.15, 0.2) is 23.9 Å². The molecule has 0 saturated carbocycles. The number of unbranched alkanes of at least 4 members (excludes halogenated alkanes) is 4. The third-order valence-corrected chi connectivity index (χ3v) is 3.61. The van der Waals surface area contributed by atoms with E-state index >= 15 is 0 Å². The van der Waals surface area contributed by atoms with Gasteiger partial charge in [-0.25, -0.2) is 4.98 Å². The molecule has 6 nitrogen and oxygen atoms in total. The molecular weight excluding hydrogens is 306 g/mol. The van der Waals surface area contributed by atoms with E-state index in [2.05, 4.69) is 17.1 Å². The number of aromatic nitrogens is 2. The molecule has 0 bridgehead atoms. The topological polar surface area (TPSA) is 65.7 Å². The molecule has 0 aliphatic carbocycles. The van der Waals surface area contributed by atoms with Crippen LogP contribution in [0.2, 0.25) is 0 Å². The molecule has 0 amide bonds. The van der Waals surface area contributed by atoms with Gasteiger partial charge in [0.15, 0.2) is 0 Å². The van der Waals surface area contributed by atoms with Crippen LogP contribution in [-0.4, -0.2) is 34.4 Å². The first-order valence-electron chi connectivity index (χ1n) is 9.05. The SMILES string of the molecule is CCCCCC/C(Cn1ccnc1)=N\OCCCCC(=O)OCC. The summed E-state index contributed by atoms with van der Waals surface area (Å²) >= 11 is 0. The fraction of sp³-hybridized carbons (Fsp3) is 0.722. The maximum absolute atomic E-state index is 11.2. The van der Waals surface area contributed by atoms with Crippen molar-refractivity contribution < 1.29 is 14.4 Å².